The molecule has 3 rings (SSSR count). The Bertz CT molecular complexity index is 329. The highest BCUT2D eigenvalue weighted by Gasteiger charge is 2.26. The van der Waals surface area contributed by atoms with Gasteiger partial charge in [-0.3, -0.25) is 0 Å². The van der Waals surface area contributed by atoms with Crippen LogP contribution in [0.5, 0.6) is 0 Å². The lowest BCUT2D eigenvalue weighted by molar-refractivity contribution is 0.0734. The number of hydrogen-bond acceptors (Lipinski definition) is 5. The largest absolute Gasteiger partial charge is 0.378 e. The average Bonchev–Trinajstić information content (AvgIpc) is 2.96. The van der Waals surface area contributed by atoms with Crippen LogP contribution < -0.4 is 5.32 Å². The second-order valence-electron chi connectivity index (χ2n) is 4.28. The molecular formula is C10H15N3O2. The molecule has 1 saturated heterocycles. The van der Waals surface area contributed by atoms with Crippen molar-refractivity contribution in [2.24, 2.45) is 5.92 Å². The molecule has 0 bridgehead atoms. The highest BCUT2D eigenvalue weighted by molar-refractivity contribution is 4.97. The smallest absolute Gasteiger partial charge is 0.226 e. The van der Waals surface area contributed by atoms with Crippen LogP contribution in [-0.2, 0) is 11.2 Å². The fourth-order valence-corrected chi connectivity index (χ4v) is 1.79. The number of ether oxygens (including phenoxy) is 1. The Morgan fingerprint density at radius 3 is 3.07 bits per heavy atom. The van der Waals surface area contributed by atoms with Gasteiger partial charge in [0.1, 0.15) is 0 Å². The van der Waals surface area contributed by atoms with Crippen LogP contribution in [0.3, 0.4) is 0 Å². The van der Waals surface area contributed by atoms with E-state index in [1.165, 1.54) is 12.8 Å². The van der Waals surface area contributed by atoms with Gasteiger partial charge in [0.05, 0.1) is 19.3 Å². The molecule has 82 valence electrons. The summed E-state index contributed by atoms with van der Waals surface area (Å²) in [5.41, 5.74) is 0. The molecule has 0 spiro atoms. The van der Waals surface area contributed by atoms with Gasteiger partial charge in [-0.15, -0.1) is 0 Å². The van der Waals surface area contributed by atoms with Gasteiger partial charge in [-0.2, -0.15) is 4.98 Å². The van der Waals surface area contributed by atoms with Gasteiger partial charge in [-0.25, -0.2) is 0 Å². The molecule has 1 aromatic rings. The van der Waals surface area contributed by atoms with E-state index in [-0.39, 0.29) is 6.04 Å². The summed E-state index contributed by atoms with van der Waals surface area (Å²) in [6.07, 6.45) is 3.56. The maximum Gasteiger partial charge on any atom is 0.226 e. The summed E-state index contributed by atoms with van der Waals surface area (Å²) < 4.78 is 10.6. The summed E-state index contributed by atoms with van der Waals surface area (Å²) in [5, 5.41) is 7.30. The van der Waals surface area contributed by atoms with E-state index < -0.39 is 0 Å². The molecule has 1 aromatic heterocycles. The summed E-state index contributed by atoms with van der Waals surface area (Å²) in [6.45, 7) is 2.27. The molecule has 1 saturated carbocycles. The van der Waals surface area contributed by atoms with Gasteiger partial charge in [0.2, 0.25) is 5.89 Å². The topological polar surface area (TPSA) is 60.2 Å². The fourth-order valence-electron chi connectivity index (χ4n) is 1.79. The van der Waals surface area contributed by atoms with Crippen molar-refractivity contribution in [3.8, 4) is 0 Å². The molecule has 0 aromatic carbocycles. The Morgan fingerprint density at radius 1 is 1.40 bits per heavy atom. The average molecular weight is 209 g/mol. The van der Waals surface area contributed by atoms with Crippen molar-refractivity contribution < 1.29 is 9.26 Å². The molecule has 0 radical (unpaired) electrons. The van der Waals surface area contributed by atoms with Crippen molar-refractivity contribution in [2.75, 3.05) is 19.8 Å². The minimum absolute atomic E-state index is 0.107. The maximum absolute atomic E-state index is 5.36. The third kappa shape index (κ3) is 2.18. The summed E-state index contributed by atoms with van der Waals surface area (Å²) in [6, 6.07) is 0.107. The zero-order chi connectivity index (χ0) is 10.1. The molecule has 1 unspecified atom stereocenters. The number of aromatic nitrogens is 2. The van der Waals surface area contributed by atoms with E-state index in [4.69, 9.17) is 9.26 Å². The summed E-state index contributed by atoms with van der Waals surface area (Å²) in [7, 11) is 0. The summed E-state index contributed by atoms with van der Waals surface area (Å²) >= 11 is 0. The second kappa shape index (κ2) is 3.90. The van der Waals surface area contributed by atoms with E-state index in [1.54, 1.807) is 0 Å². The summed E-state index contributed by atoms with van der Waals surface area (Å²) in [5.74, 6) is 2.30. The van der Waals surface area contributed by atoms with Gasteiger partial charge in [0, 0.05) is 13.0 Å². The van der Waals surface area contributed by atoms with Crippen molar-refractivity contribution in [1.29, 1.82) is 0 Å². The first-order valence-electron chi connectivity index (χ1n) is 5.55. The highest BCUT2D eigenvalue weighted by atomic mass is 16.5. The number of hydrogen-bond donors (Lipinski definition) is 1. The van der Waals surface area contributed by atoms with Crippen molar-refractivity contribution >= 4 is 0 Å². The minimum Gasteiger partial charge on any atom is -0.378 e. The van der Waals surface area contributed by atoms with Crippen LogP contribution in [0.25, 0.3) is 0 Å². The Kier molecular flexibility index (Phi) is 2.42. The predicted octanol–water partition coefficient (Wildman–Crippen LogP) is 0.683. The van der Waals surface area contributed by atoms with Gasteiger partial charge in [0.25, 0.3) is 0 Å². The molecule has 1 N–H and O–H groups in total. The van der Waals surface area contributed by atoms with E-state index in [9.17, 15) is 0 Å². The van der Waals surface area contributed by atoms with Gasteiger partial charge in [-0.1, -0.05) is 5.16 Å². The zero-order valence-corrected chi connectivity index (χ0v) is 8.61. The van der Waals surface area contributed by atoms with Gasteiger partial charge >= 0.3 is 0 Å². The molecule has 1 aliphatic heterocycles. The first-order valence-corrected chi connectivity index (χ1v) is 5.55. The third-order valence-corrected chi connectivity index (χ3v) is 2.88. The van der Waals surface area contributed by atoms with E-state index in [0.29, 0.717) is 6.61 Å². The molecule has 0 amide bonds. The normalized spacial score (nSPS) is 26.8. The van der Waals surface area contributed by atoms with Crippen molar-refractivity contribution in [1.82, 2.24) is 15.5 Å². The van der Waals surface area contributed by atoms with Crippen LogP contribution >= 0.6 is 0 Å². The van der Waals surface area contributed by atoms with Crippen LogP contribution in [0.15, 0.2) is 4.52 Å². The molecule has 2 aliphatic rings. The molecule has 5 nitrogen and oxygen atoms in total. The third-order valence-electron chi connectivity index (χ3n) is 2.88. The van der Waals surface area contributed by atoms with Crippen LogP contribution in [0.1, 0.15) is 30.6 Å². The molecule has 1 aliphatic carbocycles. The molecule has 1 atom stereocenters. The maximum atomic E-state index is 5.36. The van der Waals surface area contributed by atoms with Crippen molar-refractivity contribution in [3.63, 3.8) is 0 Å². The van der Waals surface area contributed by atoms with Crippen LogP contribution in [0.4, 0.5) is 0 Å². The van der Waals surface area contributed by atoms with E-state index in [1.807, 2.05) is 0 Å². The van der Waals surface area contributed by atoms with Gasteiger partial charge in [0.15, 0.2) is 5.82 Å². The van der Waals surface area contributed by atoms with E-state index in [2.05, 4.69) is 15.5 Å². The second-order valence-corrected chi connectivity index (χ2v) is 4.28. The van der Waals surface area contributed by atoms with Crippen molar-refractivity contribution in [2.45, 2.75) is 25.3 Å². The number of rotatable bonds is 3. The lowest BCUT2D eigenvalue weighted by Crippen LogP contribution is -2.35. The standard InChI is InChI=1S/C10H15N3O2/c1-2-7(1)5-9-12-10(13-15-9)8-6-14-4-3-11-8/h7-8,11H,1-6H2. The van der Waals surface area contributed by atoms with Crippen molar-refractivity contribution in [3.05, 3.63) is 11.7 Å². The quantitative estimate of drug-likeness (QED) is 0.793. The molecule has 15 heavy (non-hydrogen) atoms. The Hall–Kier alpha value is -0.940. The minimum atomic E-state index is 0.107. The Balaban J connectivity index is 1.65. The van der Waals surface area contributed by atoms with E-state index >= 15 is 0 Å². The monoisotopic (exact) mass is 209 g/mol. The first-order chi connectivity index (χ1) is 7.42. The zero-order valence-electron chi connectivity index (χ0n) is 8.61. The molecular weight excluding hydrogens is 194 g/mol. The molecule has 2 fully saturated rings. The molecule has 5 heteroatoms. The Labute approximate surface area is 88.2 Å². The van der Waals surface area contributed by atoms with Crippen LogP contribution in [0.2, 0.25) is 0 Å². The number of nitrogens with zero attached hydrogens (tertiary/aromatic N) is 2. The van der Waals surface area contributed by atoms with Gasteiger partial charge in [-0.05, 0) is 18.8 Å². The first kappa shape index (κ1) is 9.30. The predicted molar refractivity (Wildman–Crippen MR) is 52.3 cm³/mol. The fraction of sp³-hybridized carbons (Fsp3) is 0.800. The SMILES string of the molecule is C1COCC(c2noc(CC3CC3)n2)N1. The number of morpholine rings is 1. The van der Waals surface area contributed by atoms with Crippen LogP contribution in [0, 0.1) is 5.92 Å². The van der Waals surface area contributed by atoms with Crippen LogP contribution in [-0.4, -0.2) is 29.9 Å². The number of nitrogens with one attached hydrogen (secondary N) is 1. The molecule has 2 heterocycles. The Morgan fingerprint density at radius 2 is 2.33 bits per heavy atom. The van der Waals surface area contributed by atoms with E-state index in [0.717, 1.165) is 37.2 Å². The highest BCUT2D eigenvalue weighted by Crippen LogP contribution is 2.32. The lowest BCUT2D eigenvalue weighted by Gasteiger charge is -2.20. The summed E-state index contributed by atoms with van der Waals surface area (Å²) in [4.78, 5) is 4.39. The van der Waals surface area contributed by atoms with Gasteiger partial charge < -0.3 is 14.6 Å². The lowest BCUT2D eigenvalue weighted by atomic mass is 10.2.